The molecule has 0 radical (unpaired) electrons. The molecule has 1 saturated carbocycles. The number of rotatable bonds is 5. The van der Waals surface area contributed by atoms with Crippen molar-refractivity contribution in [2.45, 2.75) is 82.5 Å². The van der Waals surface area contributed by atoms with Crippen LogP contribution in [0.4, 0.5) is 4.39 Å². The van der Waals surface area contributed by atoms with Gasteiger partial charge in [0.25, 0.3) is 0 Å². The standard InChI is InChI=1S/C17H28FN3/c1-17(18,12-14-6-4-5-10-19-14)13-15-9-11-21(20-15)16-7-2-3-8-16/h9,11,14,16,19H,2-8,10,12-13H2,1H3. The van der Waals surface area contributed by atoms with E-state index in [9.17, 15) is 4.39 Å². The Morgan fingerprint density at radius 1 is 1.29 bits per heavy atom. The van der Waals surface area contributed by atoms with Gasteiger partial charge < -0.3 is 5.32 Å². The smallest absolute Gasteiger partial charge is 0.115 e. The summed E-state index contributed by atoms with van der Waals surface area (Å²) in [6, 6.07) is 2.89. The fraction of sp³-hybridized carbons (Fsp3) is 0.824. The Kier molecular flexibility index (Phi) is 4.63. The molecule has 0 amide bonds. The molecule has 2 aliphatic rings. The summed E-state index contributed by atoms with van der Waals surface area (Å²) < 4.78 is 16.9. The first-order valence-electron chi connectivity index (χ1n) is 8.59. The van der Waals surface area contributed by atoms with Crippen LogP contribution >= 0.6 is 0 Å². The molecular weight excluding hydrogens is 265 g/mol. The maximum Gasteiger partial charge on any atom is 0.115 e. The van der Waals surface area contributed by atoms with Gasteiger partial charge in [-0.1, -0.05) is 19.3 Å². The minimum absolute atomic E-state index is 0.339. The van der Waals surface area contributed by atoms with Crippen LogP contribution < -0.4 is 5.32 Å². The van der Waals surface area contributed by atoms with Gasteiger partial charge in [-0.05, 0) is 51.6 Å². The van der Waals surface area contributed by atoms with Gasteiger partial charge in [0.1, 0.15) is 5.67 Å². The van der Waals surface area contributed by atoms with Gasteiger partial charge in [-0.2, -0.15) is 5.10 Å². The molecular formula is C17H28FN3. The van der Waals surface area contributed by atoms with Crippen LogP contribution in [0.3, 0.4) is 0 Å². The number of piperidine rings is 1. The summed E-state index contributed by atoms with van der Waals surface area (Å²) in [6.07, 6.45) is 11.7. The fourth-order valence-corrected chi connectivity index (χ4v) is 3.91. The molecule has 2 heterocycles. The van der Waals surface area contributed by atoms with Crippen LogP contribution in [-0.4, -0.2) is 28.0 Å². The molecule has 0 bridgehead atoms. The first kappa shape index (κ1) is 15.0. The predicted molar refractivity (Wildman–Crippen MR) is 83.2 cm³/mol. The third-order valence-electron chi connectivity index (χ3n) is 5.00. The van der Waals surface area contributed by atoms with Gasteiger partial charge in [0, 0.05) is 18.7 Å². The highest BCUT2D eigenvalue weighted by atomic mass is 19.1. The second kappa shape index (κ2) is 6.47. The minimum Gasteiger partial charge on any atom is -0.314 e. The SMILES string of the molecule is CC(F)(Cc1ccn(C2CCCC2)n1)CC1CCCCN1. The third-order valence-corrected chi connectivity index (χ3v) is 5.00. The molecule has 118 valence electrons. The van der Waals surface area contributed by atoms with E-state index in [-0.39, 0.29) is 0 Å². The molecule has 3 rings (SSSR count). The summed E-state index contributed by atoms with van der Waals surface area (Å²) in [4.78, 5) is 0. The lowest BCUT2D eigenvalue weighted by Gasteiger charge is -2.29. The molecule has 2 atom stereocenters. The van der Waals surface area contributed by atoms with Crippen molar-refractivity contribution in [3.05, 3.63) is 18.0 Å². The zero-order chi connectivity index (χ0) is 14.7. The van der Waals surface area contributed by atoms with Crippen LogP contribution in [-0.2, 0) is 6.42 Å². The molecule has 2 unspecified atom stereocenters. The average molecular weight is 293 g/mol. The maximum absolute atomic E-state index is 14.9. The van der Waals surface area contributed by atoms with Gasteiger partial charge in [0.05, 0.1) is 11.7 Å². The molecule has 1 aliphatic heterocycles. The number of hydrogen-bond acceptors (Lipinski definition) is 2. The van der Waals surface area contributed by atoms with Crippen LogP contribution in [0, 0.1) is 0 Å². The average Bonchev–Trinajstić information content (AvgIpc) is 3.09. The Morgan fingerprint density at radius 2 is 2.05 bits per heavy atom. The van der Waals surface area contributed by atoms with Crippen molar-refractivity contribution in [2.24, 2.45) is 0 Å². The second-order valence-corrected chi connectivity index (χ2v) is 7.17. The van der Waals surface area contributed by atoms with E-state index in [0.29, 0.717) is 24.9 Å². The topological polar surface area (TPSA) is 29.9 Å². The Morgan fingerprint density at radius 3 is 2.76 bits per heavy atom. The quantitative estimate of drug-likeness (QED) is 0.895. The summed E-state index contributed by atoms with van der Waals surface area (Å²) >= 11 is 0. The summed E-state index contributed by atoms with van der Waals surface area (Å²) in [5.41, 5.74) is -0.258. The summed E-state index contributed by atoms with van der Waals surface area (Å²) in [5.74, 6) is 0. The number of aromatic nitrogens is 2. The lowest BCUT2D eigenvalue weighted by atomic mass is 9.90. The minimum atomic E-state index is -1.16. The Balaban J connectivity index is 1.56. The maximum atomic E-state index is 14.9. The fourth-order valence-electron chi connectivity index (χ4n) is 3.91. The van der Waals surface area contributed by atoms with E-state index in [1.54, 1.807) is 6.92 Å². The summed E-state index contributed by atoms with van der Waals surface area (Å²) in [7, 11) is 0. The molecule has 1 aliphatic carbocycles. The molecule has 1 aromatic rings. The van der Waals surface area contributed by atoms with Crippen molar-refractivity contribution in [1.29, 1.82) is 0 Å². The summed E-state index contributed by atoms with van der Waals surface area (Å²) in [5, 5.41) is 8.07. The van der Waals surface area contributed by atoms with Gasteiger partial charge >= 0.3 is 0 Å². The Labute approximate surface area is 127 Å². The molecule has 0 spiro atoms. The molecule has 1 aromatic heterocycles. The van der Waals surface area contributed by atoms with Crippen LogP contribution in [0.25, 0.3) is 0 Å². The molecule has 2 fully saturated rings. The molecule has 3 nitrogen and oxygen atoms in total. The molecule has 1 N–H and O–H groups in total. The summed E-state index contributed by atoms with van der Waals surface area (Å²) in [6.45, 7) is 2.77. The lowest BCUT2D eigenvalue weighted by molar-refractivity contribution is 0.144. The normalized spacial score (nSPS) is 26.9. The van der Waals surface area contributed by atoms with E-state index in [1.165, 1.54) is 38.5 Å². The zero-order valence-electron chi connectivity index (χ0n) is 13.2. The van der Waals surface area contributed by atoms with Gasteiger partial charge in [-0.3, -0.25) is 4.68 Å². The number of halogens is 1. The molecule has 21 heavy (non-hydrogen) atoms. The van der Waals surface area contributed by atoms with Crippen molar-refractivity contribution in [3.8, 4) is 0 Å². The van der Waals surface area contributed by atoms with Gasteiger partial charge in [0.2, 0.25) is 0 Å². The largest absolute Gasteiger partial charge is 0.314 e. The van der Waals surface area contributed by atoms with Gasteiger partial charge in [-0.25, -0.2) is 4.39 Å². The Hall–Kier alpha value is -0.900. The monoisotopic (exact) mass is 293 g/mol. The van der Waals surface area contributed by atoms with Crippen molar-refractivity contribution in [3.63, 3.8) is 0 Å². The van der Waals surface area contributed by atoms with Crippen molar-refractivity contribution < 1.29 is 4.39 Å². The Bertz CT molecular complexity index is 443. The third kappa shape index (κ3) is 4.06. The van der Waals surface area contributed by atoms with E-state index >= 15 is 0 Å². The van der Waals surface area contributed by atoms with E-state index in [4.69, 9.17) is 0 Å². The highest BCUT2D eigenvalue weighted by Gasteiger charge is 2.30. The zero-order valence-corrected chi connectivity index (χ0v) is 13.2. The van der Waals surface area contributed by atoms with E-state index in [1.807, 2.05) is 12.3 Å². The number of hydrogen-bond donors (Lipinski definition) is 1. The van der Waals surface area contributed by atoms with E-state index in [0.717, 1.165) is 18.7 Å². The highest BCUT2D eigenvalue weighted by Crippen LogP contribution is 2.30. The van der Waals surface area contributed by atoms with Crippen LogP contribution in [0.2, 0.25) is 0 Å². The van der Waals surface area contributed by atoms with Gasteiger partial charge in [0.15, 0.2) is 0 Å². The first-order chi connectivity index (χ1) is 10.1. The van der Waals surface area contributed by atoms with Crippen molar-refractivity contribution >= 4 is 0 Å². The number of nitrogens with zero attached hydrogens (tertiary/aromatic N) is 2. The highest BCUT2D eigenvalue weighted by molar-refractivity contribution is 5.05. The van der Waals surface area contributed by atoms with E-state index in [2.05, 4.69) is 15.1 Å². The molecule has 1 saturated heterocycles. The number of nitrogens with one attached hydrogen (secondary N) is 1. The molecule has 0 aromatic carbocycles. The van der Waals surface area contributed by atoms with Crippen LogP contribution in [0.1, 0.15) is 70.0 Å². The van der Waals surface area contributed by atoms with Crippen molar-refractivity contribution in [2.75, 3.05) is 6.54 Å². The predicted octanol–water partition coefficient (Wildman–Crippen LogP) is 3.80. The van der Waals surface area contributed by atoms with Crippen molar-refractivity contribution in [1.82, 2.24) is 15.1 Å². The van der Waals surface area contributed by atoms with Gasteiger partial charge in [-0.15, -0.1) is 0 Å². The second-order valence-electron chi connectivity index (χ2n) is 7.17. The van der Waals surface area contributed by atoms with Crippen LogP contribution in [0.5, 0.6) is 0 Å². The first-order valence-corrected chi connectivity index (χ1v) is 8.59. The molecule has 4 heteroatoms. The lowest BCUT2D eigenvalue weighted by Crippen LogP contribution is -2.40. The van der Waals surface area contributed by atoms with Crippen LogP contribution in [0.15, 0.2) is 12.3 Å². The van der Waals surface area contributed by atoms with E-state index < -0.39 is 5.67 Å². The number of alkyl halides is 1.